The van der Waals surface area contributed by atoms with Gasteiger partial charge < -0.3 is 34.5 Å². The van der Waals surface area contributed by atoms with Crippen LogP contribution >= 0.6 is 0 Å². The number of hydrogen-bond acceptors (Lipinski definition) is 9. The SMILES string of the molecule is F[B-](F)(F)F.F[B-](F)(F)F.N#Cc1ccc(Cn2ccc(-c3ccccn3)n2)c2ccccc12.N#Cc1ccc(Cn2ccc(-c3ccccn3)n2)c2ccccc12.N#Cc1ccc(Cn2ccc(-c3ccccn3)n2)c2ccccc12.[Co+2]. The molecule has 6 aromatic carbocycles. The van der Waals surface area contributed by atoms with Crippen molar-refractivity contribution < 1.29 is 51.3 Å². The van der Waals surface area contributed by atoms with Crippen molar-refractivity contribution >= 4 is 46.8 Å². The average Bonchev–Trinajstić information content (AvgIpc) is 4.35. The van der Waals surface area contributed by atoms with E-state index in [-0.39, 0.29) is 16.8 Å². The topological polar surface area (TPSA) is 164 Å². The molecular weight excluding hydrogens is 1120 g/mol. The molecule has 23 heteroatoms. The Morgan fingerprint density at radius 1 is 0.313 bits per heavy atom. The molecule has 0 aliphatic heterocycles. The molecule has 413 valence electrons. The molecule has 6 heterocycles. The van der Waals surface area contributed by atoms with Gasteiger partial charge in [-0.05, 0) is 122 Å². The van der Waals surface area contributed by atoms with Crippen LogP contribution < -0.4 is 0 Å². The Bertz CT molecular complexity index is 3780. The first-order chi connectivity index (χ1) is 39.5. The summed E-state index contributed by atoms with van der Waals surface area (Å²) in [5, 5.41) is 47.9. The monoisotopic (exact) mass is 1160 g/mol. The molecule has 0 bridgehead atoms. The Balaban J connectivity index is 0.000000164. The fourth-order valence-corrected chi connectivity index (χ4v) is 8.62. The molecule has 0 spiro atoms. The van der Waals surface area contributed by atoms with Crippen LogP contribution in [0.5, 0.6) is 0 Å². The number of aromatic nitrogens is 9. The van der Waals surface area contributed by atoms with Crippen molar-refractivity contribution in [3.63, 3.8) is 0 Å². The molecule has 0 amide bonds. The van der Waals surface area contributed by atoms with Gasteiger partial charge in [0.2, 0.25) is 0 Å². The molecule has 6 aromatic heterocycles. The maximum Gasteiger partial charge on any atom is 2.00 e. The van der Waals surface area contributed by atoms with E-state index in [2.05, 4.69) is 66.7 Å². The number of hydrogen-bond donors (Lipinski definition) is 0. The zero-order valence-electron chi connectivity index (χ0n) is 43.3. The van der Waals surface area contributed by atoms with Crippen molar-refractivity contribution in [3.8, 4) is 52.4 Å². The van der Waals surface area contributed by atoms with Crippen molar-refractivity contribution in [1.82, 2.24) is 44.3 Å². The van der Waals surface area contributed by atoms with Crippen LogP contribution in [0.4, 0.5) is 34.5 Å². The van der Waals surface area contributed by atoms with E-state index in [4.69, 9.17) is 0 Å². The number of halogens is 8. The smallest absolute Gasteiger partial charge is 0.418 e. The van der Waals surface area contributed by atoms with Gasteiger partial charge in [-0.2, -0.15) is 31.1 Å². The summed E-state index contributed by atoms with van der Waals surface area (Å²) in [4.78, 5) is 13.0. The molecule has 1 radical (unpaired) electrons. The number of nitriles is 3. The van der Waals surface area contributed by atoms with E-state index in [1.54, 1.807) is 18.6 Å². The van der Waals surface area contributed by atoms with Gasteiger partial charge in [-0.3, -0.25) is 29.0 Å². The van der Waals surface area contributed by atoms with Gasteiger partial charge in [0, 0.05) is 37.2 Å². The van der Waals surface area contributed by atoms with Crippen molar-refractivity contribution in [2.45, 2.75) is 19.6 Å². The molecule has 12 aromatic rings. The van der Waals surface area contributed by atoms with Gasteiger partial charge in [-0.1, -0.05) is 109 Å². The van der Waals surface area contributed by atoms with Gasteiger partial charge in [0.1, 0.15) is 17.1 Å². The number of benzene rings is 6. The van der Waals surface area contributed by atoms with Crippen molar-refractivity contribution in [1.29, 1.82) is 15.8 Å². The molecule has 0 fully saturated rings. The molecule has 0 N–H and O–H groups in total. The maximum atomic E-state index is 9.75. The zero-order chi connectivity index (χ0) is 58.1. The molecule has 0 aliphatic rings. The van der Waals surface area contributed by atoms with Crippen LogP contribution in [-0.4, -0.2) is 58.8 Å². The van der Waals surface area contributed by atoms with E-state index in [9.17, 15) is 50.3 Å². The van der Waals surface area contributed by atoms with Crippen LogP contribution in [0.2, 0.25) is 0 Å². The van der Waals surface area contributed by atoms with E-state index in [1.165, 1.54) is 0 Å². The molecule has 83 heavy (non-hydrogen) atoms. The van der Waals surface area contributed by atoms with Crippen molar-refractivity contribution in [2.24, 2.45) is 0 Å². The summed E-state index contributed by atoms with van der Waals surface area (Å²) in [5.74, 6) is 0. The summed E-state index contributed by atoms with van der Waals surface area (Å²) in [6, 6.07) is 65.7. The Morgan fingerprint density at radius 2 is 0.554 bits per heavy atom. The molecule has 12 rings (SSSR count). The first kappa shape index (κ1) is 60.4. The third-order valence-corrected chi connectivity index (χ3v) is 12.1. The second kappa shape index (κ2) is 28.2. The minimum absolute atomic E-state index is 0. The van der Waals surface area contributed by atoms with Crippen molar-refractivity contribution in [2.75, 3.05) is 0 Å². The number of pyridine rings is 3. The van der Waals surface area contributed by atoms with Crippen LogP contribution in [0.15, 0.2) is 219 Å². The summed E-state index contributed by atoms with van der Waals surface area (Å²) >= 11 is 0. The van der Waals surface area contributed by atoms with Crippen molar-refractivity contribution in [3.05, 3.63) is 253 Å². The van der Waals surface area contributed by atoms with Gasteiger partial charge in [0.25, 0.3) is 0 Å². The number of fused-ring (bicyclic) bond motifs is 3. The second-order valence-electron chi connectivity index (χ2n) is 17.6. The predicted molar refractivity (Wildman–Crippen MR) is 300 cm³/mol. The van der Waals surface area contributed by atoms with E-state index < -0.39 is 14.5 Å². The minimum atomic E-state index is -6.00. The fourth-order valence-electron chi connectivity index (χ4n) is 8.62. The molecule has 0 saturated carbocycles. The van der Waals surface area contributed by atoms with Crippen LogP contribution in [-0.2, 0) is 36.4 Å². The number of nitrogens with zero attached hydrogens (tertiary/aromatic N) is 12. The first-order valence-corrected chi connectivity index (χ1v) is 24.9. The quantitative estimate of drug-likeness (QED) is 0.101. The maximum absolute atomic E-state index is 9.75. The largest absolute Gasteiger partial charge is 2.00 e. The van der Waals surface area contributed by atoms with Crippen LogP contribution in [0, 0.1) is 34.0 Å². The van der Waals surface area contributed by atoms with E-state index >= 15 is 0 Å². The van der Waals surface area contributed by atoms with E-state index in [1.807, 2.05) is 196 Å². The van der Waals surface area contributed by atoms with Crippen LogP contribution in [0.25, 0.3) is 66.5 Å². The molecule has 0 aliphatic carbocycles. The Kier molecular flexibility index (Phi) is 20.5. The predicted octanol–water partition coefficient (Wildman–Crippen LogP) is 14.7. The standard InChI is InChI=1S/3C20H14N4.2BF4.Co/c3*21-13-15-8-9-16(18-6-2-1-5-17(15)18)14-24-12-10-20(23-24)19-7-3-4-11-22-19;2*2-1(3,4)5;/h3*1-12H,14H2;;;/q;;;2*-1;+2. The fraction of sp³-hybridized carbons (Fsp3) is 0.0500. The molecular formula is C60H42B2CoF8N12. The third-order valence-electron chi connectivity index (χ3n) is 12.1. The summed E-state index contributed by atoms with van der Waals surface area (Å²) in [6.45, 7) is 1.96. The second-order valence-corrected chi connectivity index (χ2v) is 17.6. The van der Waals surface area contributed by atoms with E-state index in [0.717, 1.165) is 83.2 Å². The average molecular weight is 1160 g/mol. The van der Waals surface area contributed by atoms with Crippen LogP contribution in [0.3, 0.4) is 0 Å². The number of rotatable bonds is 9. The normalized spacial score (nSPS) is 10.7. The van der Waals surface area contributed by atoms with Gasteiger partial charge >= 0.3 is 31.3 Å². The van der Waals surface area contributed by atoms with Gasteiger partial charge in [-0.25, -0.2) is 0 Å². The van der Waals surface area contributed by atoms with E-state index in [0.29, 0.717) is 36.3 Å². The molecule has 12 nitrogen and oxygen atoms in total. The Hall–Kier alpha value is -10.3. The Morgan fingerprint density at radius 3 is 0.783 bits per heavy atom. The zero-order valence-corrected chi connectivity index (χ0v) is 44.3. The summed E-state index contributed by atoms with van der Waals surface area (Å²) in [5.41, 5.74) is 10.7. The minimum Gasteiger partial charge on any atom is -0.418 e. The van der Waals surface area contributed by atoms with Gasteiger partial charge in [-0.15, -0.1) is 0 Å². The molecule has 0 saturated heterocycles. The summed E-state index contributed by atoms with van der Waals surface area (Å²) in [7, 11) is -12.0. The summed E-state index contributed by atoms with van der Waals surface area (Å²) < 4.78 is 83.7. The first-order valence-electron chi connectivity index (χ1n) is 24.9. The van der Waals surface area contributed by atoms with Gasteiger partial charge in [0.05, 0.1) is 71.6 Å². The summed E-state index contributed by atoms with van der Waals surface area (Å²) in [6.07, 6.45) is 11.2. The van der Waals surface area contributed by atoms with Crippen LogP contribution in [0.1, 0.15) is 33.4 Å². The third kappa shape index (κ3) is 17.1. The Labute approximate surface area is 480 Å². The molecule has 0 unspecified atom stereocenters. The molecule has 0 atom stereocenters. The van der Waals surface area contributed by atoms with Gasteiger partial charge in [0.15, 0.2) is 0 Å².